The van der Waals surface area contributed by atoms with Gasteiger partial charge in [0.2, 0.25) is 0 Å². The molecule has 1 spiro atoms. The predicted molar refractivity (Wildman–Crippen MR) is 75.4 cm³/mol. The number of nitrogens with two attached hydrogens (primary N) is 1. The molecule has 17 heavy (non-hydrogen) atoms. The zero-order valence-corrected chi connectivity index (χ0v) is 12.1. The standard InChI is InChI=1S/C14H27NOS/c1-11(2)9-17-10-13(15)12-4-7-16-14(8-12)5-3-6-14/h11-13H,3-10,15H2,1-2H3. The highest BCUT2D eigenvalue weighted by Crippen LogP contribution is 2.44. The molecule has 0 bridgehead atoms. The van der Waals surface area contributed by atoms with E-state index in [9.17, 15) is 0 Å². The van der Waals surface area contributed by atoms with E-state index in [1.54, 1.807) is 0 Å². The third-order valence-electron chi connectivity index (χ3n) is 4.16. The Kier molecular flexibility index (Phi) is 4.79. The van der Waals surface area contributed by atoms with Gasteiger partial charge in [0.15, 0.2) is 0 Å². The van der Waals surface area contributed by atoms with Gasteiger partial charge in [0.25, 0.3) is 0 Å². The molecule has 0 radical (unpaired) electrons. The Hall–Kier alpha value is 0.270. The van der Waals surface area contributed by atoms with Gasteiger partial charge in [-0.05, 0) is 49.7 Å². The monoisotopic (exact) mass is 257 g/mol. The first-order chi connectivity index (χ1) is 8.11. The van der Waals surface area contributed by atoms with Gasteiger partial charge in [0, 0.05) is 18.4 Å². The summed E-state index contributed by atoms with van der Waals surface area (Å²) in [5, 5.41) is 0. The van der Waals surface area contributed by atoms with Gasteiger partial charge in [-0.3, -0.25) is 0 Å². The zero-order valence-electron chi connectivity index (χ0n) is 11.3. The molecule has 0 amide bonds. The van der Waals surface area contributed by atoms with E-state index >= 15 is 0 Å². The average Bonchev–Trinajstić information content (AvgIpc) is 2.26. The summed E-state index contributed by atoms with van der Waals surface area (Å²) in [5.74, 6) is 3.84. The van der Waals surface area contributed by atoms with E-state index in [0.29, 0.717) is 12.0 Å². The maximum Gasteiger partial charge on any atom is 0.0685 e. The van der Waals surface area contributed by atoms with Crippen molar-refractivity contribution in [3.05, 3.63) is 0 Å². The summed E-state index contributed by atoms with van der Waals surface area (Å²) >= 11 is 2.02. The highest BCUT2D eigenvalue weighted by molar-refractivity contribution is 7.99. The smallest absolute Gasteiger partial charge is 0.0685 e. The zero-order chi connectivity index (χ0) is 12.3. The minimum Gasteiger partial charge on any atom is -0.375 e. The van der Waals surface area contributed by atoms with Crippen LogP contribution in [-0.4, -0.2) is 29.8 Å². The average molecular weight is 257 g/mol. The van der Waals surface area contributed by atoms with Gasteiger partial charge in [-0.1, -0.05) is 13.8 Å². The Bertz CT molecular complexity index is 240. The van der Waals surface area contributed by atoms with Gasteiger partial charge < -0.3 is 10.5 Å². The second-order valence-corrected chi connectivity index (χ2v) is 7.31. The fraction of sp³-hybridized carbons (Fsp3) is 1.00. The first kappa shape index (κ1) is 13.7. The fourth-order valence-electron chi connectivity index (χ4n) is 2.93. The Balaban J connectivity index is 1.72. The van der Waals surface area contributed by atoms with Gasteiger partial charge in [0.05, 0.1) is 5.60 Å². The maximum absolute atomic E-state index is 6.36. The Morgan fingerprint density at radius 3 is 2.71 bits per heavy atom. The molecule has 3 heteroatoms. The Morgan fingerprint density at radius 2 is 2.12 bits per heavy atom. The van der Waals surface area contributed by atoms with Crippen LogP contribution in [0.25, 0.3) is 0 Å². The summed E-state index contributed by atoms with van der Waals surface area (Å²) in [6.07, 6.45) is 6.29. The number of ether oxygens (including phenoxy) is 1. The van der Waals surface area contributed by atoms with Crippen LogP contribution in [0.1, 0.15) is 46.0 Å². The molecule has 2 N–H and O–H groups in total. The van der Waals surface area contributed by atoms with Gasteiger partial charge in [0.1, 0.15) is 0 Å². The minimum atomic E-state index is 0.253. The summed E-state index contributed by atoms with van der Waals surface area (Å²) in [6.45, 7) is 5.49. The van der Waals surface area contributed by atoms with Gasteiger partial charge in [-0.15, -0.1) is 0 Å². The van der Waals surface area contributed by atoms with Crippen LogP contribution >= 0.6 is 11.8 Å². The lowest BCUT2D eigenvalue weighted by Crippen LogP contribution is -2.49. The largest absolute Gasteiger partial charge is 0.375 e. The molecule has 1 aliphatic carbocycles. The molecule has 1 aliphatic heterocycles. The summed E-state index contributed by atoms with van der Waals surface area (Å²) in [5.41, 5.74) is 6.61. The summed E-state index contributed by atoms with van der Waals surface area (Å²) < 4.78 is 5.96. The second kappa shape index (κ2) is 5.94. The van der Waals surface area contributed by atoms with Crippen molar-refractivity contribution in [2.75, 3.05) is 18.1 Å². The van der Waals surface area contributed by atoms with Crippen molar-refractivity contribution in [3.63, 3.8) is 0 Å². The summed E-state index contributed by atoms with van der Waals surface area (Å²) in [6, 6.07) is 0.375. The molecule has 100 valence electrons. The molecule has 1 heterocycles. The minimum absolute atomic E-state index is 0.253. The predicted octanol–water partition coefficient (Wildman–Crippen LogP) is 3.05. The van der Waals surface area contributed by atoms with Crippen molar-refractivity contribution in [3.8, 4) is 0 Å². The third-order valence-corrected chi connectivity index (χ3v) is 5.69. The molecule has 2 unspecified atom stereocenters. The normalized spacial score (nSPS) is 29.3. The molecule has 2 fully saturated rings. The number of hydrogen-bond acceptors (Lipinski definition) is 3. The number of hydrogen-bond donors (Lipinski definition) is 1. The molecule has 2 nitrogen and oxygen atoms in total. The van der Waals surface area contributed by atoms with Gasteiger partial charge >= 0.3 is 0 Å². The molecular weight excluding hydrogens is 230 g/mol. The van der Waals surface area contributed by atoms with E-state index in [1.165, 1.54) is 37.9 Å². The van der Waals surface area contributed by atoms with Crippen LogP contribution in [0.2, 0.25) is 0 Å². The van der Waals surface area contributed by atoms with Gasteiger partial charge in [-0.25, -0.2) is 0 Å². The number of rotatable bonds is 5. The van der Waals surface area contributed by atoms with Crippen LogP contribution in [0.15, 0.2) is 0 Å². The molecule has 2 atom stereocenters. The second-order valence-electron chi connectivity index (χ2n) is 6.23. The van der Waals surface area contributed by atoms with Crippen LogP contribution in [0, 0.1) is 11.8 Å². The molecule has 1 saturated carbocycles. The lowest BCUT2D eigenvalue weighted by molar-refractivity contribution is -0.145. The molecule has 1 saturated heterocycles. The first-order valence-corrected chi connectivity index (χ1v) is 8.24. The summed E-state index contributed by atoms with van der Waals surface area (Å²) in [4.78, 5) is 0. The van der Waals surface area contributed by atoms with Crippen LogP contribution in [0.3, 0.4) is 0 Å². The van der Waals surface area contributed by atoms with Crippen molar-refractivity contribution in [1.82, 2.24) is 0 Å². The highest BCUT2D eigenvalue weighted by Gasteiger charge is 2.43. The van der Waals surface area contributed by atoms with E-state index in [2.05, 4.69) is 13.8 Å². The molecular formula is C14H27NOS. The number of thioether (sulfide) groups is 1. The molecule has 2 aliphatic rings. The van der Waals surface area contributed by atoms with Crippen molar-refractivity contribution in [2.45, 2.75) is 57.6 Å². The Labute approximate surface area is 110 Å². The van der Waals surface area contributed by atoms with Crippen molar-refractivity contribution in [1.29, 1.82) is 0 Å². The van der Waals surface area contributed by atoms with Crippen LogP contribution < -0.4 is 5.73 Å². The van der Waals surface area contributed by atoms with Crippen molar-refractivity contribution < 1.29 is 4.74 Å². The van der Waals surface area contributed by atoms with E-state index in [-0.39, 0.29) is 5.60 Å². The van der Waals surface area contributed by atoms with E-state index in [4.69, 9.17) is 10.5 Å². The SMILES string of the molecule is CC(C)CSCC(N)C1CCOC2(CCC2)C1. The van der Waals surface area contributed by atoms with E-state index < -0.39 is 0 Å². The lowest BCUT2D eigenvalue weighted by Gasteiger charge is -2.48. The fourth-order valence-corrected chi connectivity index (χ4v) is 4.08. The third kappa shape index (κ3) is 3.62. The first-order valence-electron chi connectivity index (χ1n) is 7.09. The lowest BCUT2D eigenvalue weighted by atomic mass is 9.71. The quantitative estimate of drug-likeness (QED) is 0.822. The topological polar surface area (TPSA) is 35.2 Å². The van der Waals surface area contributed by atoms with Crippen LogP contribution in [0.4, 0.5) is 0 Å². The van der Waals surface area contributed by atoms with E-state index in [1.807, 2.05) is 11.8 Å². The van der Waals surface area contributed by atoms with E-state index in [0.717, 1.165) is 18.3 Å². The van der Waals surface area contributed by atoms with Crippen molar-refractivity contribution in [2.24, 2.45) is 17.6 Å². The summed E-state index contributed by atoms with van der Waals surface area (Å²) in [7, 11) is 0. The highest BCUT2D eigenvalue weighted by atomic mass is 32.2. The van der Waals surface area contributed by atoms with Crippen LogP contribution in [-0.2, 0) is 4.74 Å². The molecule has 2 rings (SSSR count). The van der Waals surface area contributed by atoms with Gasteiger partial charge in [-0.2, -0.15) is 11.8 Å². The molecule has 0 aromatic rings. The molecule has 0 aromatic heterocycles. The maximum atomic E-state index is 6.36. The van der Waals surface area contributed by atoms with Crippen LogP contribution in [0.5, 0.6) is 0 Å². The molecule has 0 aromatic carbocycles. The Morgan fingerprint density at radius 1 is 1.35 bits per heavy atom. The van der Waals surface area contributed by atoms with Crippen molar-refractivity contribution >= 4 is 11.8 Å².